The van der Waals surface area contributed by atoms with Crippen LogP contribution in [0.15, 0.2) is 52.6 Å². The summed E-state index contributed by atoms with van der Waals surface area (Å²) in [6.45, 7) is 3.98. The smallest absolute Gasteiger partial charge is 0.303 e. The van der Waals surface area contributed by atoms with Crippen LogP contribution in [0, 0.1) is 17.8 Å². The van der Waals surface area contributed by atoms with Gasteiger partial charge in [0.25, 0.3) is 0 Å². The van der Waals surface area contributed by atoms with Crippen LogP contribution in [0.1, 0.15) is 63.9 Å². The molecular formula is C31H33NO8. The number of carbonyl (C=O) groups excluding carboxylic acids is 4. The maximum absolute atomic E-state index is 13.7. The lowest BCUT2D eigenvalue weighted by molar-refractivity contribution is -0.141. The second kappa shape index (κ2) is 10.9. The largest absolute Gasteiger partial charge is 0.504 e. The molecule has 0 spiro atoms. The van der Waals surface area contributed by atoms with Crippen LogP contribution in [0.25, 0.3) is 0 Å². The topological polar surface area (TPSA) is 138 Å². The molecule has 5 rings (SSSR count). The first-order valence-corrected chi connectivity index (χ1v) is 13.9. The summed E-state index contributed by atoms with van der Waals surface area (Å²) in [6.07, 6.45) is 5.50. The number of Topliss-reactive ketones (excluding diaryl/α,β-unsaturated/α-hetero) is 1. The van der Waals surface area contributed by atoms with Gasteiger partial charge < -0.3 is 14.9 Å². The number of likely N-dealkylation sites (tertiary alicyclic amines) is 1. The first-order valence-electron chi connectivity index (χ1n) is 13.9. The summed E-state index contributed by atoms with van der Waals surface area (Å²) >= 11 is 0. The number of carboxylic acids is 1. The molecule has 1 aromatic rings. The van der Waals surface area contributed by atoms with Crippen molar-refractivity contribution in [2.75, 3.05) is 13.2 Å². The van der Waals surface area contributed by atoms with E-state index in [1.807, 2.05) is 6.08 Å². The van der Waals surface area contributed by atoms with Crippen LogP contribution in [0.4, 0.5) is 0 Å². The first kappa shape index (κ1) is 27.6. The number of fused-ring (bicyclic) bond motifs is 3. The Hall–Kier alpha value is -4.01. The van der Waals surface area contributed by atoms with Crippen molar-refractivity contribution in [3.63, 3.8) is 0 Å². The van der Waals surface area contributed by atoms with Crippen LogP contribution in [0.2, 0.25) is 0 Å². The van der Waals surface area contributed by atoms with E-state index < -0.39 is 29.6 Å². The van der Waals surface area contributed by atoms with E-state index in [9.17, 15) is 29.1 Å². The number of imide groups is 1. The van der Waals surface area contributed by atoms with Crippen molar-refractivity contribution >= 4 is 29.4 Å². The molecule has 1 heterocycles. The Bertz CT molecular complexity index is 1400. The van der Waals surface area contributed by atoms with Gasteiger partial charge in [-0.3, -0.25) is 28.9 Å². The molecule has 0 aromatic heterocycles. The Morgan fingerprint density at radius 3 is 2.58 bits per heavy atom. The second-order valence-electron chi connectivity index (χ2n) is 10.9. The highest BCUT2D eigenvalue weighted by Crippen LogP contribution is 2.55. The van der Waals surface area contributed by atoms with Gasteiger partial charge in [0.1, 0.15) is 0 Å². The lowest BCUT2D eigenvalue weighted by Gasteiger charge is -2.42. The molecule has 210 valence electrons. The number of benzene rings is 1. The molecule has 2 N–H and O–H groups in total. The van der Waals surface area contributed by atoms with Crippen molar-refractivity contribution in [3.05, 3.63) is 58.2 Å². The Morgan fingerprint density at radius 1 is 1.07 bits per heavy atom. The lowest BCUT2D eigenvalue weighted by Crippen LogP contribution is -2.39. The van der Waals surface area contributed by atoms with Gasteiger partial charge in [-0.2, -0.15) is 0 Å². The number of ether oxygens (including phenoxy) is 1. The molecule has 4 unspecified atom stereocenters. The third kappa shape index (κ3) is 4.67. The molecule has 0 radical (unpaired) electrons. The third-order valence-corrected chi connectivity index (χ3v) is 8.55. The minimum absolute atomic E-state index is 0.0393. The fourth-order valence-corrected chi connectivity index (χ4v) is 6.73. The summed E-state index contributed by atoms with van der Waals surface area (Å²) in [4.78, 5) is 65.9. The van der Waals surface area contributed by atoms with Gasteiger partial charge in [-0.25, -0.2) is 0 Å². The number of aromatic hydroxyl groups is 1. The molecule has 3 aliphatic carbocycles. The molecule has 0 saturated carbocycles. The number of rotatable bonds is 9. The molecule has 1 saturated heterocycles. The minimum atomic E-state index is -0.874. The molecule has 40 heavy (non-hydrogen) atoms. The summed E-state index contributed by atoms with van der Waals surface area (Å²) in [6, 6.07) is 4.89. The third-order valence-electron chi connectivity index (χ3n) is 8.55. The fraction of sp³-hybridized carbons (Fsp3) is 0.452. The zero-order chi connectivity index (χ0) is 28.7. The van der Waals surface area contributed by atoms with Gasteiger partial charge in [-0.15, -0.1) is 0 Å². The summed E-state index contributed by atoms with van der Waals surface area (Å²) < 4.78 is 5.60. The molecule has 1 aromatic carbocycles. The number of nitrogens with zero attached hydrogens (tertiary/aromatic N) is 1. The zero-order valence-corrected chi connectivity index (χ0v) is 22.6. The first-order chi connectivity index (χ1) is 19.1. The molecule has 2 amide bonds. The summed E-state index contributed by atoms with van der Waals surface area (Å²) in [5, 5.41) is 19.2. The highest BCUT2D eigenvalue weighted by Gasteiger charge is 2.56. The number of allylic oxidation sites excluding steroid dienone is 6. The van der Waals surface area contributed by atoms with Crippen molar-refractivity contribution in [1.82, 2.24) is 4.90 Å². The Kier molecular flexibility index (Phi) is 7.49. The number of unbranched alkanes of at least 4 members (excludes halogenated alkanes) is 2. The van der Waals surface area contributed by atoms with Gasteiger partial charge in [-0.1, -0.05) is 24.1 Å². The van der Waals surface area contributed by atoms with Crippen molar-refractivity contribution < 1.29 is 38.9 Å². The molecule has 9 heteroatoms. The Morgan fingerprint density at radius 2 is 1.85 bits per heavy atom. The highest BCUT2D eigenvalue weighted by molar-refractivity contribution is 6.23. The fourth-order valence-electron chi connectivity index (χ4n) is 6.73. The number of hydrogen-bond acceptors (Lipinski definition) is 7. The van der Waals surface area contributed by atoms with Gasteiger partial charge >= 0.3 is 5.97 Å². The maximum atomic E-state index is 13.7. The van der Waals surface area contributed by atoms with Crippen molar-refractivity contribution in [1.29, 1.82) is 0 Å². The minimum Gasteiger partial charge on any atom is -0.504 e. The van der Waals surface area contributed by atoms with E-state index in [4.69, 9.17) is 9.84 Å². The normalized spacial score (nSPS) is 25.8. The molecule has 9 nitrogen and oxygen atoms in total. The van der Waals surface area contributed by atoms with Crippen LogP contribution >= 0.6 is 0 Å². The van der Waals surface area contributed by atoms with E-state index in [1.54, 1.807) is 26.0 Å². The van der Waals surface area contributed by atoms with E-state index >= 15 is 0 Å². The van der Waals surface area contributed by atoms with Crippen LogP contribution < -0.4 is 4.74 Å². The van der Waals surface area contributed by atoms with E-state index in [2.05, 4.69) is 0 Å². The van der Waals surface area contributed by atoms with Crippen molar-refractivity contribution in [3.8, 4) is 11.5 Å². The Labute approximate surface area is 232 Å². The quantitative estimate of drug-likeness (QED) is 0.206. The number of phenolic OH excluding ortho intramolecular Hbond substituents is 1. The van der Waals surface area contributed by atoms with Crippen LogP contribution in [0.5, 0.6) is 11.5 Å². The number of carboxylic acid groups (broad SMARTS) is 1. The van der Waals surface area contributed by atoms with Gasteiger partial charge in [0.2, 0.25) is 11.8 Å². The number of phenols is 1. The number of ketones is 2. The monoisotopic (exact) mass is 547 g/mol. The average molecular weight is 548 g/mol. The Balaban J connectivity index is 1.51. The summed E-state index contributed by atoms with van der Waals surface area (Å²) in [5.74, 6) is -3.83. The van der Waals surface area contributed by atoms with E-state index in [1.165, 1.54) is 17.0 Å². The van der Waals surface area contributed by atoms with Crippen LogP contribution in [-0.2, 0) is 24.0 Å². The molecule has 1 aliphatic heterocycles. The molecular weight excluding hydrogens is 514 g/mol. The summed E-state index contributed by atoms with van der Waals surface area (Å²) in [7, 11) is 0. The van der Waals surface area contributed by atoms with E-state index in [0.29, 0.717) is 54.6 Å². The lowest BCUT2D eigenvalue weighted by atomic mass is 9.59. The van der Waals surface area contributed by atoms with Crippen molar-refractivity contribution in [2.45, 2.75) is 58.3 Å². The standard InChI is InChI=1S/C31H33NO8/c1-3-40-24-14-17(8-11-22(24)33)26-18-9-10-19-27(20(18)15-21-23(34)13-16(2)29(37)28(21)26)31(39)32(30(19)38)12-6-4-5-7-25(35)36/h8-9,11,13-14,19-20,26-27,33H,3-7,10,12,15H2,1-2H3,(H,35,36). The zero-order valence-electron chi connectivity index (χ0n) is 22.6. The number of amides is 2. The maximum Gasteiger partial charge on any atom is 0.303 e. The van der Waals surface area contributed by atoms with Gasteiger partial charge in [-0.05, 0) is 69.2 Å². The van der Waals surface area contributed by atoms with Gasteiger partial charge in [0.15, 0.2) is 23.1 Å². The van der Waals surface area contributed by atoms with E-state index in [0.717, 1.165) is 5.57 Å². The molecule has 4 atom stereocenters. The van der Waals surface area contributed by atoms with Crippen molar-refractivity contribution in [2.24, 2.45) is 17.8 Å². The second-order valence-corrected chi connectivity index (χ2v) is 10.9. The van der Waals surface area contributed by atoms with E-state index in [-0.39, 0.29) is 54.3 Å². The van der Waals surface area contributed by atoms with Crippen LogP contribution in [0.3, 0.4) is 0 Å². The predicted octanol–water partition coefficient (Wildman–Crippen LogP) is 3.87. The highest BCUT2D eigenvalue weighted by atomic mass is 16.5. The molecule has 4 aliphatic rings. The predicted molar refractivity (Wildman–Crippen MR) is 143 cm³/mol. The molecule has 1 fully saturated rings. The number of aliphatic carboxylic acids is 1. The number of carbonyl (C=O) groups is 5. The SMILES string of the molecule is CCOc1cc(C2C3=CCC4C(=O)N(CCCCCC(=O)O)C(=O)C4C3CC3=C2C(=O)C(C)=CC3=O)ccc1O. The van der Waals surface area contributed by atoms with Crippen LogP contribution in [-0.4, -0.2) is 57.6 Å². The molecule has 0 bridgehead atoms. The van der Waals surface area contributed by atoms with Gasteiger partial charge in [0.05, 0.1) is 18.4 Å². The van der Waals surface area contributed by atoms with Gasteiger partial charge in [0, 0.05) is 35.6 Å². The average Bonchev–Trinajstić information content (AvgIpc) is 3.16. The number of hydrogen-bond donors (Lipinski definition) is 2. The summed E-state index contributed by atoms with van der Waals surface area (Å²) in [5.41, 5.74) is 2.64.